The number of nitro benzene ring substituents is 1. The number of nitrogens with one attached hydrogen (secondary N) is 1. The summed E-state index contributed by atoms with van der Waals surface area (Å²) >= 11 is 0. The first kappa shape index (κ1) is 30.7. The summed E-state index contributed by atoms with van der Waals surface area (Å²) in [5.74, 6) is 0.00458. The minimum atomic E-state index is -0.966. The van der Waals surface area contributed by atoms with Crippen LogP contribution >= 0.6 is 0 Å². The van der Waals surface area contributed by atoms with Gasteiger partial charge in [0.1, 0.15) is 24.6 Å². The van der Waals surface area contributed by atoms with E-state index in [1.54, 1.807) is 7.11 Å². The fraction of sp³-hybridized carbons (Fsp3) is 0.655. The molecule has 3 unspecified atom stereocenters. The standard InChI is InChI=1S/C29H40N2O10/c1-19(2)12-16-37-20(3)24-25(36-4)23(11-15-29(24)18-39-29)41-26(32)30-28(13-5-6-14-28)17-38-27(33)40-22-9-7-21(8-10-22)31(34)35/h7-10,12,20,23-25H,5-6,11,13-18H2,1-4H3,(H,30,32)/t20-,23?,24?,25?,29-/m0/s1. The van der Waals surface area contributed by atoms with Gasteiger partial charge in [-0.25, -0.2) is 9.59 Å². The van der Waals surface area contributed by atoms with Gasteiger partial charge in [-0.15, -0.1) is 0 Å². The molecule has 41 heavy (non-hydrogen) atoms. The van der Waals surface area contributed by atoms with Gasteiger partial charge in [-0.1, -0.05) is 24.5 Å². The highest BCUT2D eigenvalue weighted by molar-refractivity contribution is 5.69. The molecule has 12 heteroatoms. The smallest absolute Gasteiger partial charge is 0.443 e. The van der Waals surface area contributed by atoms with E-state index in [1.165, 1.54) is 29.8 Å². The van der Waals surface area contributed by atoms with Crippen molar-refractivity contribution >= 4 is 17.9 Å². The molecule has 1 spiro atoms. The second-order valence-electron chi connectivity index (χ2n) is 11.4. The van der Waals surface area contributed by atoms with E-state index in [4.69, 9.17) is 28.4 Å². The van der Waals surface area contributed by atoms with Crippen LogP contribution in [0.4, 0.5) is 15.3 Å². The Morgan fingerprint density at radius 2 is 1.88 bits per heavy atom. The Kier molecular flexibility index (Phi) is 9.88. The van der Waals surface area contributed by atoms with Gasteiger partial charge in [0.2, 0.25) is 0 Å². The number of methoxy groups -OCH3 is 1. The van der Waals surface area contributed by atoms with Crippen LogP contribution in [0.25, 0.3) is 0 Å². The van der Waals surface area contributed by atoms with Crippen molar-refractivity contribution in [2.45, 2.75) is 88.7 Å². The summed E-state index contributed by atoms with van der Waals surface area (Å²) in [7, 11) is 1.61. The summed E-state index contributed by atoms with van der Waals surface area (Å²) in [6, 6.07) is 5.09. The second-order valence-corrected chi connectivity index (χ2v) is 11.4. The Morgan fingerprint density at radius 3 is 2.46 bits per heavy atom. The van der Waals surface area contributed by atoms with Crippen LogP contribution in [0, 0.1) is 16.0 Å². The van der Waals surface area contributed by atoms with Crippen molar-refractivity contribution < 1.29 is 42.9 Å². The molecule has 1 saturated heterocycles. The zero-order valence-corrected chi connectivity index (χ0v) is 24.1. The molecule has 3 fully saturated rings. The van der Waals surface area contributed by atoms with E-state index in [2.05, 4.69) is 5.32 Å². The van der Waals surface area contributed by atoms with Crippen LogP contribution in [-0.4, -0.2) is 73.6 Å². The lowest BCUT2D eigenvalue weighted by Crippen LogP contribution is -2.56. The molecule has 1 aromatic rings. The molecule has 3 aliphatic rings. The number of hydrogen-bond acceptors (Lipinski definition) is 10. The predicted molar refractivity (Wildman–Crippen MR) is 147 cm³/mol. The highest BCUT2D eigenvalue weighted by Gasteiger charge is 2.61. The van der Waals surface area contributed by atoms with Gasteiger partial charge in [-0.2, -0.15) is 0 Å². The van der Waals surface area contributed by atoms with Crippen molar-refractivity contribution in [3.05, 3.63) is 46.0 Å². The lowest BCUT2D eigenvalue weighted by atomic mass is 9.73. The van der Waals surface area contributed by atoms with E-state index in [0.717, 1.165) is 19.3 Å². The van der Waals surface area contributed by atoms with Crippen molar-refractivity contribution in [3.63, 3.8) is 0 Å². The highest BCUT2D eigenvalue weighted by Crippen LogP contribution is 2.49. The third kappa shape index (κ3) is 7.75. The average Bonchev–Trinajstić information content (AvgIpc) is 3.55. The van der Waals surface area contributed by atoms with Gasteiger partial charge in [0, 0.05) is 25.2 Å². The normalized spacial score (nSPS) is 27.0. The fourth-order valence-electron chi connectivity index (χ4n) is 5.97. The number of epoxide rings is 1. The Labute approximate surface area is 239 Å². The van der Waals surface area contributed by atoms with Crippen LogP contribution < -0.4 is 10.1 Å². The lowest BCUT2D eigenvalue weighted by molar-refractivity contribution is -0.384. The topological polar surface area (TPSA) is 148 Å². The molecule has 1 amide bonds. The molecular formula is C29H40N2O10. The number of ether oxygens (including phenoxy) is 6. The van der Waals surface area contributed by atoms with Crippen molar-refractivity contribution in [2.75, 3.05) is 26.9 Å². The van der Waals surface area contributed by atoms with Crippen molar-refractivity contribution in [3.8, 4) is 5.75 Å². The third-order valence-corrected chi connectivity index (χ3v) is 8.22. The zero-order valence-electron chi connectivity index (χ0n) is 24.1. The number of non-ortho nitro benzene ring substituents is 1. The van der Waals surface area contributed by atoms with Gasteiger partial charge in [-0.3, -0.25) is 10.1 Å². The number of carbonyl (C=O) groups excluding carboxylic acids is 2. The van der Waals surface area contributed by atoms with E-state index in [9.17, 15) is 19.7 Å². The van der Waals surface area contributed by atoms with Crippen LogP contribution in [-0.2, 0) is 23.7 Å². The zero-order chi connectivity index (χ0) is 29.6. The summed E-state index contributed by atoms with van der Waals surface area (Å²) in [6.07, 6.45) is 3.62. The number of benzene rings is 1. The van der Waals surface area contributed by atoms with Crippen LogP contribution in [0.2, 0.25) is 0 Å². The largest absolute Gasteiger partial charge is 0.513 e. The van der Waals surface area contributed by atoms with Crippen LogP contribution in [0.15, 0.2) is 35.9 Å². The van der Waals surface area contributed by atoms with E-state index >= 15 is 0 Å². The number of allylic oxidation sites excluding steroid dienone is 1. The lowest BCUT2D eigenvalue weighted by Gasteiger charge is -2.43. The monoisotopic (exact) mass is 576 g/mol. The predicted octanol–water partition coefficient (Wildman–Crippen LogP) is 5.08. The van der Waals surface area contributed by atoms with Gasteiger partial charge in [0.05, 0.1) is 35.4 Å². The first-order valence-corrected chi connectivity index (χ1v) is 14.1. The highest BCUT2D eigenvalue weighted by atomic mass is 16.7. The molecule has 0 aromatic heterocycles. The molecule has 5 atom stereocenters. The second kappa shape index (κ2) is 13.2. The van der Waals surface area contributed by atoms with E-state index in [1.807, 2.05) is 26.8 Å². The number of rotatable bonds is 11. The summed E-state index contributed by atoms with van der Waals surface area (Å²) in [6.45, 7) is 7.05. The van der Waals surface area contributed by atoms with Gasteiger partial charge in [-0.05, 0) is 58.6 Å². The van der Waals surface area contributed by atoms with Crippen LogP contribution in [0.5, 0.6) is 5.75 Å². The number of alkyl carbamates (subject to hydrolysis) is 1. The Bertz CT molecular complexity index is 1110. The van der Waals surface area contributed by atoms with E-state index in [-0.39, 0.29) is 35.7 Å². The first-order chi connectivity index (χ1) is 19.6. The molecule has 0 radical (unpaired) electrons. The quantitative estimate of drug-likeness (QED) is 0.0944. The number of nitro groups is 1. The molecule has 226 valence electrons. The van der Waals surface area contributed by atoms with Crippen molar-refractivity contribution in [1.29, 1.82) is 0 Å². The van der Waals surface area contributed by atoms with Gasteiger partial charge >= 0.3 is 12.2 Å². The van der Waals surface area contributed by atoms with Gasteiger partial charge in [0.15, 0.2) is 0 Å². The SMILES string of the molecule is COC1C(OC(=O)NC2(COC(=O)Oc3ccc([N+](=O)[O-])cc3)CCCC2)CC[C@]2(CO2)C1[C@H](C)OCC=C(C)C. The summed E-state index contributed by atoms with van der Waals surface area (Å²) in [5.41, 5.74) is -0.0665. The first-order valence-electron chi connectivity index (χ1n) is 14.1. The summed E-state index contributed by atoms with van der Waals surface area (Å²) in [5, 5.41) is 13.8. The molecule has 4 rings (SSSR count). The Hall–Kier alpha value is -3.22. The van der Waals surface area contributed by atoms with E-state index in [0.29, 0.717) is 32.5 Å². The fourth-order valence-corrected chi connectivity index (χ4v) is 5.97. The number of amides is 1. The molecule has 12 nitrogen and oxygen atoms in total. The molecular weight excluding hydrogens is 536 g/mol. The summed E-state index contributed by atoms with van der Waals surface area (Å²) < 4.78 is 34.3. The molecule has 2 aliphatic carbocycles. The Morgan fingerprint density at radius 1 is 1.20 bits per heavy atom. The molecule has 0 bridgehead atoms. The maximum absolute atomic E-state index is 13.2. The number of hydrogen-bond donors (Lipinski definition) is 1. The molecule has 1 heterocycles. The van der Waals surface area contributed by atoms with Crippen LogP contribution in [0.1, 0.15) is 59.3 Å². The van der Waals surface area contributed by atoms with E-state index < -0.39 is 34.9 Å². The van der Waals surface area contributed by atoms with Gasteiger partial charge in [0.25, 0.3) is 5.69 Å². The maximum atomic E-state index is 13.2. The van der Waals surface area contributed by atoms with Crippen molar-refractivity contribution in [1.82, 2.24) is 5.32 Å². The third-order valence-electron chi connectivity index (χ3n) is 8.22. The Balaban J connectivity index is 1.33. The average molecular weight is 577 g/mol. The minimum Gasteiger partial charge on any atom is -0.443 e. The molecule has 1 aliphatic heterocycles. The van der Waals surface area contributed by atoms with Crippen molar-refractivity contribution in [2.24, 2.45) is 5.92 Å². The summed E-state index contributed by atoms with van der Waals surface area (Å²) in [4.78, 5) is 35.8. The molecule has 1 N–H and O–H groups in total. The number of nitrogens with zero attached hydrogens (tertiary/aromatic N) is 1. The minimum absolute atomic E-state index is 0.0961. The number of carbonyl (C=O) groups is 2. The molecule has 1 aromatic carbocycles. The maximum Gasteiger partial charge on any atom is 0.513 e. The molecule has 2 saturated carbocycles. The van der Waals surface area contributed by atoms with Crippen LogP contribution in [0.3, 0.4) is 0 Å². The van der Waals surface area contributed by atoms with Gasteiger partial charge < -0.3 is 33.7 Å².